The van der Waals surface area contributed by atoms with Crippen molar-refractivity contribution in [3.8, 4) is 0 Å². The molecule has 1 N–H and O–H groups in total. The number of allylic oxidation sites excluding steroid dienone is 1. The van der Waals surface area contributed by atoms with Crippen molar-refractivity contribution in [2.45, 2.75) is 19.9 Å². The molecule has 0 radical (unpaired) electrons. The quantitative estimate of drug-likeness (QED) is 0.340. The largest absolute Gasteiger partial charge is 0.351 e. The monoisotopic (exact) mass is 355 g/mol. The van der Waals surface area contributed by atoms with E-state index < -0.39 is 4.92 Å². The lowest BCUT2D eigenvalue weighted by Gasteiger charge is -2.07. The molecule has 0 saturated heterocycles. The number of nitro benzene ring substituents is 1. The number of nitro groups is 1. The fourth-order valence-corrected chi connectivity index (χ4v) is 2.45. The molecule has 0 aliphatic carbocycles. The summed E-state index contributed by atoms with van der Waals surface area (Å²) in [6.45, 7) is 2.97. The van der Waals surface area contributed by atoms with Crippen LogP contribution in [0.15, 0.2) is 54.1 Å². The van der Waals surface area contributed by atoms with E-state index in [2.05, 4.69) is 15.3 Å². The highest BCUT2D eigenvalue weighted by atomic mass is 16.6. The van der Waals surface area contributed by atoms with Gasteiger partial charge < -0.3 is 9.88 Å². The predicted octanol–water partition coefficient (Wildman–Crippen LogP) is 2.47. The smallest absolute Gasteiger partial charge is 0.276 e. The Morgan fingerprint density at radius 3 is 2.85 bits per heavy atom. The van der Waals surface area contributed by atoms with E-state index in [1.165, 1.54) is 13.1 Å². The highest BCUT2D eigenvalue weighted by Gasteiger charge is 2.15. The summed E-state index contributed by atoms with van der Waals surface area (Å²) in [5.41, 5.74) is 1.29. The molecule has 136 valence electrons. The Bertz CT molecular complexity index is 825. The summed E-state index contributed by atoms with van der Waals surface area (Å²) in [6, 6.07) is 6.42. The molecule has 1 aromatic heterocycles. The molecule has 0 aliphatic rings. The van der Waals surface area contributed by atoms with Crippen LogP contribution in [0, 0.1) is 10.1 Å². The summed E-state index contributed by atoms with van der Waals surface area (Å²) in [6.07, 6.45) is 7.61. The fourth-order valence-electron chi connectivity index (χ4n) is 2.45. The van der Waals surface area contributed by atoms with Crippen molar-refractivity contribution in [2.75, 3.05) is 13.6 Å². The van der Waals surface area contributed by atoms with E-state index >= 15 is 0 Å². The van der Waals surface area contributed by atoms with Crippen LogP contribution < -0.4 is 5.32 Å². The number of carbonyl (C=O) groups excluding carboxylic acids is 1. The van der Waals surface area contributed by atoms with Crippen molar-refractivity contribution in [3.63, 3.8) is 0 Å². The van der Waals surface area contributed by atoms with E-state index in [1.54, 1.807) is 43.7 Å². The van der Waals surface area contributed by atoms with Crippen LogP contribution in [0.2, 0.25) is 0 Å². The number of aryl methyl sites for hydroxylation is 1. The van der Waals surface area contributed by atoms with Crippen molar-refractivity contribution in [1.82, 2.24) is 14.9 Å². The van der Waals surface area contributed by atoms with Gasteiger partial charge in [0.25, 0.3) is 11.6 Å². The summed E-state index contributed by atoms with van der Waals surface area (Å²) in [4.78, 5) is 31.0. The molecule has 1 aromatic carbocycles. The molecule has 1 amide bonds. The van der Waals surface area contributed by atoms with Crippen LogP contribution >= 0.6 is 0 Å². The van der Waals surface area contributed by atoms with Gasteiger partial charge in [0.05, 0.1) is 16.8 Å². The molecule has 0 unspecified atom stereocenters. The van der Waals surface area contributed by atoms with Gasteiger partial charge in [0.2, 0.25) is 0 Å². The second-order valence-electron chi connectivity index (χ2n) is 5.62. The number of rotatable bonds is 8. The van der Waals surface area contributed by atoms with E-state index in [0.29, 0.717) is 17.7 Å². The molecule has 2 rings (SSSR count). The molecule has 0 fully saturated rings. The molecule has 26 heavy (non-hydrogen) atoms. The molecule has 0 aliphatic heterocycles. The number of aromatic nitrogens is 2. The number of aliphatic imine (C=N–C) groups is 1. The van der Waals surface area contributed by atoms with Crippen LogP contribution in [-0.4, -0.2) is 39.7 Å². The second kappa shape index (κ2) is 9.26. The lowest BCUT2D eigenvalue weighted by Crippen LogP contribution is -2.31. The van der Waals surface area contributed by atoms with Gasteiger partial charge in [-0.3, -0.25) is 19.9 Å². The minimum absolute atomic E-state index is 0.00237. The fraction of sp³-hybridized carbons (Fsp3) is 0.278. The van der Waals surface area contributed by atoms with Crippen LogP contribution in [-0.2, 0) is 11.3 Å². The Kier molecular flexibility index (Phi) is 6.78. The number of nitrogens with one attached hydrogen (secondary N) is 1. The summed E-state index contributed by atoms with van der Waals surface area (Å²) in [5.74, 6) is -0.309. The zero-order chi connectivity index (χ0) is 18.9. The maximum atomic E-state index is 12.3. The SMILES string of the molecule is CN=C(/C=C(\C)c1ccccc1[N+](=O)[O-])C(=O)NCCCn1ccnc1. The standard InChI is InChI=1S/C18H21N5O3/c1-14(15-6-3-4-7-17(15)23(25)26)12-16(19-2)18(24)21-8-5-10-22-11-9-20-13-22/h3-4,6-7,9,11-13H,5,8,10H2,1-2H3,(H,21,24)/b14-12+,19-16?. The molecule has 1 heterocycles. The Labute approximate surface area is 151 Å². The third-order valence-corrected chi connectivity index (χ3v) is 3.79. The number of para-hydroxylation sites is 1. The van der Waals surface area contributed by atoms with Crippen molar-refractivity contribution in [3.05, 3.63) is 64.7 Å². The average Bonchev–Trinajstić information content (AvgIpc) is 3.16. The third kappa shape index (κ3) is 5.10. The molecule has 2 aromatic rings. The number of benzene rings is 1. The predicted molar refractivity (Wildman–Crippen MR) is 100.0 cm³/mol. The van der Waals surface area contributed by atoms with Crippen molar-refractivity contribution < 1.29 is 9.72 Å². The van der Waals surface area contributed by atoms with Gasteiger partial charge in [0.15, 0.2) is 0 Å². The Hall–Kier alpha value is -3.29. The van der Waals surface area contributed by atoms with Gasteiger partial charge in [-0.2, -0.15) is 0 Å². The number of imidazole rings is 1. The van der Waals surface area contributed by atoms with Gasteiger partial charge in [-0.05, 0) is 31.1 Å². The van der Waals surface area contributed by atoms with Gasteiger partial charge in [-0.25, -0.2) is 4.98 Å². The number of hydrogen-bond acceptors (Lipinski definition) is 5. The first-order valence-corrected chi connectivity index (χ1v) is 8.15. The normalized spacial score (nSPS) is 12.1. The van der Waals surface area contributed by atoms with E-state index in [4.69, 9.17) is 0 Å². The number of nitrogens with zero attached hydrogens (tertiary/aromatic N) is 4. The van der Waals surface area contributed by atoms with E-state index in [9.17, 15) is 14.9 Å². The highest BCUT2D eigenvalue weighted by Crippen LogP contribution is 2.25. The van der Waals surface area contributed by atoms with Crippen LogP contribution in [0.1, 0.15) is 18.9 Å². The topological polar surface area (TPSA) is 102 Å². The number of hydrogen-bond donors (Lipinski definition) is 1. The molecule has 0 saturated carbocycles. The first-order chi connectivity index (χ1) is 12.5. The zero-order valence-electron chi connectivity index (χ0n) is 14.8. The minimum atomic E-state index is -0.439. The van der Waals surface area contributed by atoms with E-state index in [1.807, 2.05) is 10.8 Å². The first kappa shape index (κ1) is 19.0. The van der Waals surface area contributed by atoms with Gasteiger partial charge in [0, 0.05) is 38.6 Å². The maximum absolute atomic E-state index is 12.3. The Morgan fingerprint density at radius 1 is 1.42 bits per heavy atom. The molecular weight excluding hydrogens is 334 g/mol. The lowest BCUT2D eigenvalue weighted by molar-refractivity contribution is -0.385. The maximum Gasteiger partial charge on any atom is 0.276 e. The highest BCUT2D eigenvalue weighted by molar-refractivity contribution is 6.44. The van der Waals surface area contributed by atoms with Gasteiger partial charge in [-0.15, -0.1) is 0 Å². The molecule has 0 spiro atoms. The third-order valence-electron chi connectivity index (χ3n) is 3.79. The van der Waals surface area contributed by atoms with Crippen LogP contribution in [0.4, 0.5) is 5.69 Å². The van der Waals surface area contributed by atoms with Crippen molar-refractivity contribution in [1.29, 1.82) is 0 Å². The summed E-state index contributed by atoms with van der Waals surface area (Å²) in [5, 5.41) is 14.0. The van der Waals surface area contributed by atoms with Crippen LogP contribution in [0.5, 0.6) is 0 Å². The molecule has 8 heteroatoms. The Balaban J connectivity index is 2.00. The van der Waals surface area contributed by atoms with Crippen molar-refractivity contribution in [2.24, 2.45) is 4.99 Å². The van der Waals surface area contributed by atoms with Gasteiger partial charge >= 0.3 is 0 Å². The minimum Gasteiger partial charge on any atom is -0.351 e. The average molecular weight is 355 g/mol. The lowest BCUT2D eigenvalue weighted by atomic mass is 10.0. The van der Waals surface area contributed by atoms with Crippen LogP contribution in [0.25, 0.3) is 5.57 Å². The summed E-state index contributed by atoms with van der Waals surface area (Å²) < 4.78 is 1.93. The molecular formula is C18H21N5O3. The summed E-state index contributed by atoms with van der Waals surface area (Å²) in [7, 11) is 1.52. The molecule has 8 nitrogen and oxygen atoms in total. The molecule has 0 bridgehead atoms. The van der Waals surface area contributed by atoms with E-state index in [0.717, 1.165) is 13.0 Å². The van der Waals surface area contributed by atoms with Crippen LogP contribution in [0.3, 0.4) is 0 Å². The zero-order valence-corrected chi connectivity index (χ0v) is 14.8. The second-order valence-corrected chi connectivity index (χ2v) is 5.62. The van der Waals surface area contributed by atoms with Gasteiger partial charge in [-0.1, -0.05) is 12.1 Å². The van der Waals surface area contributed by atoms with Crippen molar-refractivity contribution >= 4 is 22.9 Å². The summed E-state index contributed by atoms with van der Waals surface area (Å²) >= 11 is 0. The Morgan fingerprint density at radius 2 is 2.19 bits per heavy atom. The first-order valence-electron chi connectivity index (χ1n) is 8.15. The van der Waals surface area contributed by atoms with Gasteiger partial charge in [0.1, 0.15) is 5.71 Å². The number of carbonyl (C=O) groups is 1. The molecule has 0 atom stereocenters. The van der Waals surface area contributed by atoms with E-state index in [-0.39, 0.29) is 17.3 Å². The number of amides is 1.